The Balaban J connectivity index is 2.27. The summed E-state index contributed by atoms with van der Waals surface area (Å²) in [5.74, 6) is -1.69. The van der Waals surface area contributed by atoms with Crippen LogP contribution in [0.2, 0.25) is 5.02 Å². The van der Waals surface area contributed by atoms with E-state index in [-0.39, 0.29) is 28.6 Å². The molecule has 100 valence electrons. The molecule has 1 fully saturated rings. The molecule has 2 rings (SSSR count). The smallest absolute Gasteiger partial charge is 0.309 e. The monoisotopic (exact) mass is 300 g/mol. The number of hydrogen-bond donors (Lipinski definition) is 1. The Morgan fingerprint density at radius 3 is 2.58 bits per heavy atom. The Kier molecular flexibility index (Phi) is 3.49. The fourth-order valence-corrected chi connectivity index (χ4v) is 3.76. The number of carboxylic acid groups (broad SMARTS) is 1. The molecular formula is C11H9ClN2O4S. The van der Waals surface area contributed by atoms with E-state index in [1.54, 1.807) is 0 Å². The third kappa shape index (κ3) is 2.42. The number of hydrogen-bond acceptors (Lipinski definition) is 4. The van der Waals surface area contributed by atoms with Gasteiger partial charge in [-0.05, 0) is 18.2 Å². The summed E-state index contributed by atoms with van der Waals surface area (Å²) in [6.45, 7) is -0.123. The average Bonchev–Trinajstić information content (AvgIpc) is 2.25. The first-order valence-electron chi connectivity index (χ1n) is 5.29. The van der Waals surface area contributed by atoms with E-state index in [0.29, 0.717) is 0 Å². The summed E-state index contributed by atoms with van der Waals surface area (Å²) in [6, 6.07) is 5.73. The molecule has 6 nitrogen and oxygen atoms in total. The number of carbonyl (C=O) groups is 1. The van der Waals surface area contributed by atoms with Gasteiger partial charge in [-0.2, -0.15) is 9.57 Å². The molecule has 0 radical (unpaired) electrons. The first kappa shape index (κ1) is 13.8. The van der Waals surface area contributed by atoms with Crippen LogP contribution in [-0.4, -0.2) is 36.9 Å². The molecule has 0 unspecified atom stereocenters. The van der Waals surface area contributed by atoms with E-state index in [1.807, 2.05) is 6.07 Å². The molecule has 0 saturated carbocycles. The van der Waals surface area contributed by atoms with Crippen LogP contribution in [-0.2, 0) is 14.8 Å². The summed E-state index contributed by atoms with van der Waals surface area (Å²) < 4.78 is 25.4. The molecule has 0 amide bonds. The highest BCUT2D eigenvalue weighted by molar-refractivity contribution is 7.89. The molecule has 1 aliphatic rings. The second-order valence-corrected chi connectivity index (χ2v) is 6.43. The molecule has 1 heterocycles. The second kappa shape index (κ2) is 4.81. The van der Waals surface area contributed by atoms with E-state index in [0.717, 1.165) is 4.31 Å². The van der Waals surface area contributed by atoms with Crippen molar-refractivity contribution in [1.29, 1.82) is 5.26 Å². The lowest BCUT2D eigenvalue weighted by atomic mass is 10.0. The summed E-state index contributed by atoms with van der Waals surface area (Å²) >= 11 is 5.84. The van der Waals surface area contributed by atoms with Crippen LogP contribution in [0.5, 0.6) is 0 Å². The van der Waals surface area contributed by atoms with Crippen LogP contribution in [0.3, 0.4) is 0 Å². The van der Waals surface area contributed by atoms with Crippen molar-refractivity contribution in [2.75, 3.05) is 13.1 Å². The normalized spacial score (nSPS) is 16.6. The number of aliphatic carboxylic acids is 1. The molecular weight excluding hydrogens is 292 g/mol. The van der Waals surface area contributed by atoms with Crippen LogP contribution < -0.4 is 0 Å². The number of sulfonamides is 1. The van der Waals surface area contributed by atoms with Crippen LogP contribution in [0.25, 0.3) is 0 Å². The third-order valence-electron chi connectivity index (χ3n) is 2.88. The standard InChI is InChI=1S/C11H9ClN2O4S/c12-9-3-7(4-13)1-2-10(9)19(17,18)14-5-8(6-14)11(15)16/h1-3,8H,5-6H2,(H,15,16). The molecule has 1 N–H and O–H groups in total. The zero-order valence-electron chi connectivity index (χ0n) is 9.58. The van der Waals surface area contributed by atoms with Crippen molar-refractivity contribution in [1.82, 2.24) is 4.31 Å². The molecule has 0 aromatic heterocycles. The summed E-state index contributed by atoms with van der Waals surface area (Å²) in [7, 11) is -3.80. The van der Waals surface area contributed by atoms with Crippen molar-refractivity contribution in [3.05, 3.63) is 28.8 Å². The largest absolute Gasteiger partial charge is 0.481 e. The Hall–Kier alpha value is -1.62. The van der Waals surface area contributed by atoms with Crippen LogP contribution in [0.1, 0.15) is 5.56 Å². The van der Waals surface area contributed by atoms with Crippen molar-refractivity contribution in [3.63, 3.8) is 0 Å². The lowest BCUT2D eigenvalue weighted by Crippen LogP contribution is -2.52. The highest BCUT2D eigenvalue weighted by Crippen LogP contribution is 2.30. The van der Waals surface area contributed by atoms with Gasteiger partial charge in [0.1, 0.15) is 4.90 Å². The topological polar surface area (TPSA) is 98.5 Å². The number of rotatable bonds is 3. The van der Waals surface area contributed by atoms with Gasteiger partial charge in [-0.3, -0.25) is 4.79 Å². The third-order valence-corrected chi connectivity index (χ3v) is 5.19. The predicted octanol–water partition coefficient (Wildman–Crippen LogP) is 0.917. The maximum Gasteiger partial charge on any atom is 0.309 e. The Morgan fingerprint density at radius 2 is 2.11 bits per heavy atom. The molecule has 19 heavy (non-hydrogen) atoms. The van der Waals surface area contributed by atoms with Crippen LogP contribution in [0.15, 0.2) is 23.1 Å². The summed E-state index contributed by atoms with van der Waals surface area (Å²) in [5.41, 5.74) is 0.260. The minimum atomic E-state index is -3.80. The van der Waals surface area contributed by atoms with Crippen LogP contribution >= 0.6 is 11.6 Å². The Morgan fingerprint density at radius 1 is 1.47 bits per heavy atom. The number of nitrogens with zero attached hydrogens (tertiary/aromatic N) is 2. The van der Waals surface area contributed by atoms with Gasteiger partial charge in [0.2, 0.25) is 10.0 Å². The van der Waals surface area contributed by atoms with Crippen molar-refractivity contribution < 1.29 is 18.3 Å². The highest BCUT2D eigenvalue weighted by atomic mass is 35.5. The molecule has 1 saturated heterocycles. The van der Waals surface area contributed by atoms with Crippen molar-refractivity contribution >= 4 is 27.6 Å². The molecule has 1 aliphatic heterocycles. The van der Waals surface area contributed by atoms with E-state index in [2.05, 4.69) is 0 Å². The zero-order chi connectivity index (χ0) is 14.2. The molecule has 1 aromatic carbocycles. The zero-order valence-corrected chi connectivity index (χ0v) is 11.1. The SMILES string of the molecule is N#Cc1ccc(S(=O)(=O)N2CC(C(=O)O)C2)c(Cl)c1. The Labute approximate surface area is 114 Å². The maximum atomic E-state index is 12.2. The van der Waals surface area contributed by atoms with E-state index in [9.17, 15) is 13.2 Å². The number of carboxylic acids is 1. The molecule has 0 aliphatic carbocycles. The highest BCUT2D eigenvalue weighted by Gasteiger charge is 2.41. The fourth-order valence-electron chi connectivity index (χ4n) is 1.71. The van der Waals surface area contributed by atoms with Gasteiger partial charge in [0.05, 0.1) is 22.6 Å². The first-order valence-corrected chi connectivity index (χ1v) is 7.10. The van der Waals surface area contributed by atoms with Gasteiger partial charge >= 0.3 is 5.97 Å². The Bertz CT molecular complexity index is 674. The number of halogens is 1. The first-order chi connectivity index (χ1) is 8.86. The van der Waals surface area contributed by atoms with Gasteiger partial charge in [-0.25, -0.2) is 8.42 Å². The van der Waals surface area contributed by atoms with Gasteiger partial charge < -0.3 is 5.11 Å². The van der Waals surface area contributed by atoms with Gasteiger partial charge in [0, 0.05) is 13.1 Å². The summed E-state index contributed by atoms with van der Waals surface area (Å²) in [5, 5.41) is 17.4. The molecule has 0 spiro atoms. The van der Waals surface area contributed by atoms with Crippen molar-refractivity contribution in [3.8, 4) is 6.07 Å². The number of benzene rings is 1. The lowest BCUT2D eigenvalue weighted by Gasteiger charge is -2.35. The van der Waals surface area contributed by atoms with E-state index < -0.39 is 21.9 Å². The predicted molar refractivity (Wildman–Crippen MR) is 66.1 cm³/mol. The van der Waals surface area contributed by atoms with E-state index >= 15 is 0 Å². The van der Waals surface area contributed by atoms with Crippen LogP contribution in [0.4, 0.5) is 0 Å². The van der Waals surface area contributed by atoms with Gasteiger partial charge in [-0.1, -0.05) is 11.6 Å². The molecule has 8 heteroatoms. The maximum absolute atomic E-state index is 12.2. The van der Waals surface area contributed by atoms with Crippen LogP contribution in [0, 0.1) is 17.2 Å². The second-order valence-electron chi connectivity index (χ2n) is 4.11. The quantitative estimate of drug-likeness (QED) is 0.895. The molecule has 0 bridgehead atoms. The summed E-state index contributed by atoms with van der Waals surface area (Å²) in [6.07, 6.45) is 0. The van der Waals surface area contributed by atoms with Crippen molar-refractivity contribution in [2.45, 2.75) is 4.90 Å². The molecule has 1 aromatic rings. The fraction of sp³-hybridized carbons (Fsp3) is 0.273. The summed E-state index contributed by atoms with van der Waals surface area (Å²) in [4.78, 5) is 10.5. The minimum Gasteiger partial charge on any atom is -0.481 e. The minimum absolute atomic E-state index is 0.0437. The van der Waals surface area contributed by atoms with E-state index in [1.165, 1.54) is 18.2 Å². The average molecular weight is 301 g/mol. The van der Waals surface area contributed by atoms with Gasteiger partial charge in [0.15, 0.2) is 0 Å². The van der Waals surface area contributed by atoms with Gasteiger partial charge in [-0.15, -0.1) is 0 Å². The van der Waals surface area contributed by atoms with E-state index in [4.69, 9.17) is 22.0 Å². The molecule has 0 atom stereocenters. The van der Waals surface area contributed by atoms with Crippen molar-refractivity contribution in [2.24, 2.45) is 5.92 Å². The number of nitriles is 1. The lowest BCUT2D eigenvalue weighted by molar-refractivity contribution is -0.145. The van der Waals surface area contributed by atoms with Gasteiger partial charge in [0.25, 0.3) is 0 Å².